The lowest BCUT2D eigenvalue weighted by atomic mass is 10.2. The van der Waals surface area contributed by atoms with Gasteiger partial charge in [0.25, 0.3) is 0 Å². The number of aromatic nitrogens is 1. The first kappa shape index (κ1) is 13.3. The van der Waals surface area contributed by atoms with Gasteiger partial charge in [-0.3, -0.25) is 0 Å². The highest BCUT2D eigenvalue weighted by Crippen LogP contribution is 2.18. The minimum atomic E-state index is -0.275. The van der Waals surface area contributed by atoms with Gasteiger partial charge < -0.3 is 4.90 Å². The third kappa shape index (κ3) is 3.43. The molecule has 0 saturated heterocycles. The molecule has 0 aliphatic rings. The topological polar surface area (TPSA) is 39.9 Å². The van der Waals surface area contributed by atoms with Crippen LogP contribution in [0.3, 0.4) is 0 Å². The van der Waals surface area contributed by atoms with Gasteiger partial charge in [-0.1, -0.05) is 23.7 Å². The second-order valence-electron chi connectivity index (χ2n) is 4.13. The van der Waals surface area contributed by atoms with E-state index in [1.54, 1.807) is 12.1 Å². The second-order valence-corrected chi connectivity index (χ2v) is 4.52. The van der Waals surface area contributed by atoms with Crippen LogP contribution >= 0.6 is 11.6 Å². The first-order valence-corrected chi connectivity index (χ1v) is 5.99. The predicted octanol–water partition coefficient (Wildman–Crippen LogP) is 3.38. The summed E-state index contributed by atoms with van der Waals surface area (Å²) < 4.78 is 13.1. The Labute approximate surface area is 115 Å². The molecule has 19 heavy (non-hydrogen) atoms. The van der Waals surface area contributed by atoms with E-state index >= 15 is 0 Å². The summed E-state index contributed by atoms with van der Waals surface area (Å²) in [5, 5.41) is 9.15. The SMILES string of the molecule is CN(Cc1cccc(F)c1)c1cc(C#N)cc(Cl)n1. The summed E-state index contributed by atoms with van der Waals surface area (Å²) in [6.45, 7) is 0.482. The molecule has 0 saturated carbocycles. The summed E-state index contributed by atoms with van der Waals surface area (Å²) >= 11 is 5.85. The van der Waals surface area contributed by atoms with Crippen LogP contribution in [0.1, 0.15) is 11.1 Å². The van der Waals surface area contributed by atoms with E-state index in [9.17, 15) is 4.39 Å². The van der Waals surface area contributed by atoms with Crippen molar-refractivity contribution in [3.63, 3.8) is 0 Å². The first-order valence-electron chi connectivity index (χ1n) is 5.62. The molecule has 0 N–H and O–H groups in total. The van der Waals surface area contributed by atoms with Crippen molar-refractivity contribution in [1.29, 1.82) is 5.26 Å². The maximum atomic E-state index is 13.1. The molecule has 0 radical (unpaired) electrons. The van der Waals surface area contributed by atoms with Gasteiger partial charge >= 0.3 is 0 Å². The third-order valence-corrected chi connectivity index (χ3v) is 2.80. The Kier molecular flexibility index (Phi) is 3.98. The maximum absolute atomic E-state index is 13.1. The normalized spacial score (nSPS) is 10.0. The summed E-state index contributed by atoms with van der Waals surface area (Å²) in [6.07, 6.45) is 0. The molecule has 0 bridgehead atoms. The zero-order valence-corrected chi connectivity index (χ0v) is 11.0. The number of nitriles is 1. The Hall–Kier alpha value is -2.12. The molecule has 2 aromatic rings. The van der Waals surface area contributed by atoms with Crippen LogP contribution in [0.5, 0.6) is 0 Å². The highest BCUT2D eigenvalue weighted by atomic mass is 35.5. The lowest BCUT2D eigenvalue weighted by Crippen LogP contribution is -2.18. The van der Waals surface area contributed by atoms with Gasteiger partial charge in [-0.05, 0) is 29.8 Å². The number of nitrogens with zero attached hydrogens (tertiary/aromatic N) is 3. The molecule has 0 atom stereocenters. The van der Waals surface area contributed by atoms with Crippen LogP contribution in [0, 0.1) is 17.1 Å². The van der Waals surface area contributed by atoms with E-state index in [1.165, 1.54) is 18.2 Å². The summed E-state index contributed by atoms with van der Waals surface area (Å²) in [5.74, 6) is 0.302. The number of benzene rings is 1. The van der Waals surface area contributed by atoms with Gasteiger partial charge in [-0.2, -0.15) is 5.26 Å². The number of anilines is 1. The fourth-order valence-electron chi connectivity index (χ4n) is 1.73. The highest BCUT2D eigenvalue weighted by molar-refractivity contribution is 6.29. The van der Waals surface area contributed by atoms with Crippen molar-refractivity contribution in [3.8, 4) is 6.07 Å². The molecule has 1 heterocycles. The molecule has 96 valence electrons. The van der Waals surface area contributed by atoms with Gasteiger partial charge in [0.2, 0.25) is 0 Å². The van der Waals surface area contributed by atoms with Crippen molar-refractivity contribution in [1.82, 2.24) is 4.98 Å². The average Bonchev–Trinajstić information content (AvgIpc) is 2.38. The van der Waals surface area contributed by atoms with Gasteiger partial charge in [-0.25, -0.2) is 9.37 Å². The number of rotatable bonds is 3. The van der Waals surface area contributed by atoms with Gasteiger partial charge in [0, 0.05) is 13.6 Å². The number of hydrogen-bond acceptors (Lipinski definition) is 3. The van der Waals surface area contributed by atoms with Crippen LogP contribution in [0.15, 0.2) is 36.4 Å². The Morgan fingerprint density at radius 2 is 2.16 bits per heavy atom. The van der Waals surface area contributed by atoms with Crippen molar-refractivity contribution < 1.29 is 4.39 Å². The van der Waals surface area contributed by atoms with Crippen LogP contribution in [0.2, 0.25) is 5.15 Å². The van der Waals surface area contributed by atoms with E-state index in [1.807, 2.05) is 24.1 Å². The quantitative estimate of drug-likeness (QED) is 0.806. The minimum absolute atomic E-state index is 0.264. The van der Waals surface area contributed by atoms with Gasteiger partial charge in [0.15, 0.2) is 0 Å². The predicted molar refractivity (Wildman–Crippen MR) is 72.5 cm³/mol. The number of pyridine rings is 1. The third-order valence-electron chi connectivity index (χ3n) is 2.61. The fraction of sp³-hybridized carbons (Fsp3) is 0.143. The molecule has 0 amide bonds. The Morgan fingerprint density at radius 3 is 2.84 bits per heavy atom. The summed E-state index contributed by atoms with van der Waals surface area (Å²) in [5.41, 5.74) is 1.27. The smallest absolute Gasteiger partial charge is 0.132 e. The molecule has 1 aromatic carbocycles. The van der Waals surface area contributed by atoms with Crippen molar-refractivity contribution in [2.45, 2.75) is 6.54 Å². The standard InChI is InChI=1S/C14H11ClFN3/c1-19(9-10-3-2-4-12(16)5-10)14-7-11(8-17)6-13(15)18-14/h2-7H,9H2,1H3. The van der Waals surface area contributed by atoms with E-state index in [-0.39, 0.29) is 11.0 Å². The van der Waals surface area contributed by atoms with Gasteiger partial charge in [0.05, 0.1) is 11.6 Å². The lowest BCUT2D eigenvalue weighted by molar-refractivity contribution is 0.625. The van der Waals surface area contributed by atoms with Gasteiger partial charge in [-0.15, -0.1) is 0 Å². The molecule has 0 spiro atoms. The van der Waals surface area contributed by atoms with Crippen LogP contribution in [0.25, 0.3) is 0 Å². The van der Waals surface area contributed by atoms with E-state index in [2.05, 4.69) is 4.98 Å². The Bertz CT molecular complexity index is 637. The maximum Gasteiger partial charge on any atom is 0.132 e. The summed E-state index contributed by atoms with van der Waals surface area (Å²) in [7, 11) is 1.81. The summed E-state index contributed by atoms with van der Waals surface area (Å²) in [4.78, 5) is 5.95. The molecule has 0 aliphatic heterocycles. The Morgan fingerprint density at radius 1 is 1.37 bits per heavy atom. The molecule has 3 nitrogen and oxygen atoms in total. The van der Waals surface area contributed by atoms with Crippen molar-refractivity contribution in [2.75, 3.05) is 11.9 Å². The van der Waals surface area contributed by atoms with E-state index < -0.39 is 0 Å². The van der Waals surface area contributed by atoms with Crippen molar-refractivity contribution >= 4 is 17.4 Å². The van der Waals surface area contributed by atoms with Crippen LogP contribution in [-0.2, 0) is 6.54 Å². The number of hydrogen-bond donors (Lipinski definition) is 0. The van der Waals surface area contributed by atoms with Crippen molar-refractivity contribution in [2.24, 2.45) is 0 Å². The van der Waals surface area contributed by atoms with Crippen LogP contribution in [-0.4, -0.2) is 12.0 Å². The van der Waals surface area contributed by atoms with Gasteiger partial charge in [0.1, 0.15) is 16.8 Å². The monoisotopic (exact) mass is 275 g/mol. The van der Waals surface area contributed by atoms with E-state index in [4.69, 9.17) is 16.9 Å². The Balaban J connectivity index is 2.23. The molecule has 5 heteroatoms. The fourth-order valence-corrected chi connectivity index (χ4v) is 1.94. The zero-order chi connectivity index (χ0) is 13.8. The molecular weight excluding hydrogens is 265 g/mol. The zero-order valence-electron chi connectivity index (χ0n) is 10.3. The van der Waals surface area contributed by atoms with E-state index in [0.717, 1.165) is 5.56 Å². The average molecular weight is 276 g/mol. The van der Waals surface area contributed by atoms with Crippen molar-refractivity contribution in [3.05, 3.63) is 58.5 Å². The molecule has 1 aromatic heterocycles. The van der Waals surface area contributed by atoms with E-state index in [0.29, 0.717) is 17.9 Å². The second kappa shape index (κ2) is 5.68. The van der Waals surface area contributed by atoms with Crippen LogP contribution in [0.4, 0.5) is 10.2 Å². The highest BCUT2D eigenvalue weighted by Gasteiger charge is 2.07. The minimum Gasteiger partial charge on any atom is -0.355 e. The first-order chi connectivity index (χ1) is 9.08. The lowest BCUT2D eigenvalue weighted by Gasteiger charge is -2.18. The molecule has 0 aliphatic carbocycles. The molecule has 0 unspecified atom stereocenters. The number of halogens is 2. The molecular formula is C14H11ClFN3. The molecule has 2 rings (SSSR count). The summed E-state index contributed by atoms with van der Waals surface area (Å²) in [6, 6.07) is 11.5. The van der Waals surface area contributed by atoms with Crippen LogP contribution < -0.4 is 4.90 Å². The largest absolute Gasteiger partial charge is 0.355 e. The molecule has 0 fully saturated rings.